The zero-order valence-corrected chi connectivity index (χ0v) is 16.9. The molecule has 0 amide bonds. The fraction of sp³-hybridized carbons (Fsp3) is 0.800. The molecule has 0 aromatic rings. The molecule has 0 heterocycles. The van der Waals surface area contributed by atoms with Gasteiger partial charge < -0.3 is 20.4 Å². The van der Waals surface area contributed by atoms with Crippen molar-refractivity contribution in [2.75, 3.05) is 0 Å². The molecule has 0 fully saturated rings. The van der Waals surface area contributed by atoms with Gasteiger partial charge in [-0.1, -0.05) is 45.4 Å². The molecule has 0 saturated carbocycles. The predicted octanol–water partition coefficient (Wildman–Crippen LogP) is -1.94. The van der Waals surface area contributed by atoms with E-state index in [2.05, 4.69) is 11.7 Å². The molecule has 0 unspecified atom stereocenters. The molecule has 7 heteroatoms. The summed E-state index contributed by atoms with van der Waals surface area (Å²) in [5.74, 6) is -2.76. The zero-order valence-electron chi connectivity index (χ0n) is 13.8. The van der Waals surface area contributed by atoms with Crippen LogP contribution < -0.4 is 62.2 Å². The summed E-state index contributed by atoms with van der Waals surface area (Å²) in [6, 6.07) is -1.10. The Morgan fingerprint density at radius 1 is 1.00 bits per heavy atom. The van der Waals surface area contributed by atoms with Gasteiger partial charge in [-0.3, -0.25) is 4.79 Å². The molecule has 2 N–H and O–H groups in total. The van der Waals surface area contributed by atoms with Gasteiger partial charge in [-0.15, -0.1) is 0 Å². The number of carboxylic acid groups (broad SMARTS) is 1. The molecule has 1 atom stereocenters. The van der Waals surface area contributed by atoms with Crippen LogP contribution in [-0.2, 0) is 19.1 Å². The summed E-state index contributed by atoms with van der Waals surface area (Å²) in [4.78, 5) is 33.0. The number of nitrogens with two attached hydrogens (primary N) is 1. The topological polar surface area (TPSA) is 110 Å². The molecule has 122 valence electrons. The van der Waals surface area contributed by atoms with Crippen LogP contribution in [0.1, 0.15) is 71.1 Å². The van der Waals surface area contributed by atoms with E-state index < -0.39 is 23.9 Å². The SMILES string of the molecule is CCCCCCCCCC(=O)OC(=O)[C@@H](N)CCC(=O)[O-].[K+]. The third kappa shape index (κ3) is 15.1. The van der Waals surface area contributed by atoms with E-state index in [0.717, 1.165) is 19.3 Å². The van der Waals surface area contributed by atoms with Gasteiger partial charge in [-0.25, -0.2) is 4.79 Å². The largest absolute Gasteiger partial charge is 1.00 e. The van der Waals surface area contributed by atoms with Crippen molar-refractivity contribution in [3.8, 4) is 0 Å². The van der Waals surface area contributed by atoms with Crippen molar-refractivity contribution in [3.63, 3.8) is 0 Å². The van der Waals surface area contributed by atoms with Crippen LogP contribution in [0.15, 0.2) is 0 Å². The molecular weight excluding hydrogens is 313 g/mol. The van der Waals surface area contributed by atoms with Crippen molar-refractivity contribution >= 4 is 17.9 Å². The molecule has 0 aliphatic carbocycles. The van der Waals surface area contributed by atoms with E-state index >= 15 is 0 Å². The third-order valence-corrected chi connectivity index (χ3v) is 3.16. The summed E-state index contributed by atoms with van der Waals surface area (Å²) in [7, 11) is 0. The fourth-order valence-corrected chi connectivity index (χ4v) is 1.86. The minimum atomic E-state index is -1.28. The first-order valence-corrected chi connectivity index (χ1v) is 7.67. The Morgan fingerprint density at radius 3 is 2.09 bits per heavy atom. The van der Waals surface area contributed by atoms with E-state index in [4.69, 9.17) is 5.73 Å². The van der Waals surface area contributed by atoms with E-state index in [9.17, 15) is 19.5 Å². The van der Waals surface area contributed by atoms with Gasteiger partial charge in [0, 0.05) is 12.4 Å². The minimum Gasteiger partial charge on any atom is -0.550 e. The monoisotopic (exact) mass is 339 g/mol. The number of rotatable bonds is 12. The Hall–Kier alpha value is 0.206. The third-order valence-electron chi connectivity index (χ3n) is 3.16. The molecule has 0 bridgehead atoms. The number of carbonyl (C=O) groups excluding carboxylic acids is 3. The van der Waals surface area contributed by atoms with Crippen molar-refractivity contribution < 1.29 is 75.6 Å². The van der Waals surface area contributed by atoms with E-state index in [1.807, 2.05) is 0 Å². The van der Waals surface area contributed by atoms with E-state index in [-0.39, 0.29) is 70.6 Å². The molecule has 0 saturated heterocycles. The number of ether oxygens (including phenoxy) is 1. The smallest absolute Gasteiger partial charge is 0.550 e. The summed E-state index contributed by atoms with van der Waals surface area (Å²) in [6.45, 7) is 2.16. The quantitative estimate of drug-likeness (QED) is 0.192. The molecule has 0 radical (unpaired) electrons. The number of carbonyl (C=O) groups is 3. The van der Waals surface area contributed by atoms with Crippen LogP contribution in [0.25, 0.3) is 0 Å². The fourth-order valence-electron chi connectivity index (χ4n) is 1.86. The Morgan fingerprint density at radius 2 is 1.55 bits per heavy atom. The molecule has 0 aliphatic rings. The number of carboxylic acids is 1. The van der Waals surface area contributed by atoms with Gasteiger partial charge >= 0.3 is 63.3 Å². The maximum Gasteiger partial charge on any atom is 1.00 e. The van der Waals surface area contributed by atoms with Crippen LogP contribution in [0.2, 0.25) is 0 Å². The Labute approximate surface area is 175 Å². The molecule has 0 spiro atoms. The molecule has 0 aromatic carbocycles. The van der Waals surface area contributed by atoms with Gasteiger partial charge in [-0.05, 0) is 19.3 Å². The van der Waals surface area contributed by atoms with Gasteiger partial charge in [0.1, 0.15) is 6.04 Å². The summed E-state index contributed by atoms with van der Waals surface area (Å²) in [5.41, 5.74) is 5.42. The summed E-state index contributed by atoms with van der Waals surface area (Å²) < 4.78 is 4.57. The Balaban J connectivity index is 0. The van der Waals surface area contributed by atoms with Gasteiger partial charge in [-0.2, -0.15) is 0 Å². The van der Waals surface area contributed by atoms with Gasteiger partial charge in [0.2, 0.25) is 0 Å². The molecule has 22 heavy (non-hydrogen) atoms. The van der Waals surface area contributed by atoms with Crippen molar-refractivity contribution in [1.82, 2.24) is 0 Å². The van der Waals surface area contributed by atoms with Crippen LogP contribution in [0.4, 0.5) is 0 Å². The first-order valence-electron chi connectivity index (χ1n) is 7.67. The second kappa shape index (κ2) is 16.1. The van der Waals surface area contributed by atoms with Crippen molar-refractivity contribution in [1.29, 1.82) is 0 Å². The molecule has 6 nitrogen and oxygen atoms in total. The Bertz CT molecular complexity index is 336. The minimum absolute atomic E-state index is 0. The number of esters is 2. The zero-order chi connectivity index (χ0) is 16.1. The first kappa shape index (κ1) is 24.5. The Kier molecular flexibility index (Phi) is 17.9. The normalized spacial score (nSPS) is 11.4. The predicted molar refractivity (Wildman–Crippen MR) is 75.9 cm³/mol. The second-order valence-electron chi connectivity index (χ2n) is 5.18. The van der Waals surface area contributed by atoms with Crippen molar-refractivity contribution in [2.45, 2.75) is 77.2 Å². The summed E-state index contributed by atoms with van der Waals surface area (Å²) in [5, 5.41) is 10.2. The first-order chi connectivity index (χ1) is 9.97. The number of hydrogen-bond acceptors (Lipinski definition) is 6. The van der Waals surface area contributed by atoms with Crippen molar-refractivity contribution in [2.24, 2.45) is 5.73 Å². The van der Waals surface area contributed by atoms with Crippen LogP contribution >= 0.6 is 0 Å². The van der Waals surface area contributed by atoms with E-state index in [1.165, 1.54) is 19.3 Å². The number of hydrogen-bond donors (Lipinski definition) is 1. The average Bonchev–Trinajstić information content (AvgIpc) is 2.43. The molecular formula is C15H26KNO5. The standard InChI is InChI=1S/C15H27NO5.K/c1-2-3-4-5-6-7-8-9-14(19)21-15(20)12(16)10-11-13(17)18;/h12H,2-11,16H2,1H3,(H,17,18);/q;+1/p-1/t12-;/m0./s1. The molecule has 0 aliphatic heterocycles. The number of unbranched alkanes of at least 4 members (excludes halogenated alkanes) is 6. The second-order valence-corrected chi connectivity index (χ2v) is 5.18. The van der Waals surface area contributed by atoms with Crippen molar-refractivity contribution in [3.05, 3.63) is 0 Å². The number of aliphatic carboxylic acids is 1. The van der Waals surface area contributed by atoms with Crippen LogP contribution in [0, 0.1) is 0 Å². The molecule has 0 rings (SSSR count). The summed E-state index contributed by atoms with van der Waals surface area (Å²) in [6.07, 6.45) is 7.28. The van der Waals surface area contributed by atoms with Crippen LogP contribution in [0.5, 0.6) is 0 Å². The van der Waals surface area contributed by atoms with E-state index in [0.29, 0.717) is 6.42 Å². The maximum absolute atomic E-state index is 11.4. The summed E-state index contributed by atoms with van der Waals surface area (Å²) >= 11 is 0. The van der Waals surface area contributed by atoms with Crippen LogP contribution in [0.3, 0.4) is 0 Å². The maximum atomic E-state index is 11.4. The average molecular weight is 339 g/mol. The van der Waals surface area contributed by atoms with Gasteiger partial charge in [0.05, 0.1) is 0 Å². The van der Waals surface area contributed by atoms with E-state index in [1.54, 1.807) is 0 Å². The van der Waals surface area contributed by atoms with Gasteiger partial charge in [0.15, 0.2) is 0 Å². The van der Waals surface area contributed by atoms with Crippen LogP contribution in [-0.4, -0.2) is 23.9 Å². The molecule has 0 aromatic heterocycles. The van der Waals surface area contributed by atoms with Gasteiger partial charge in [0.25, 0.3) is 0 Å².